The number of para-hydroxylation sites is 1. The van der Waals surface area contributed by atoms with Gasteiger partial charge in [0.25, 0.3) is 0 Å². The van der Waals surface area contributed by atoms with Crippen molar-refractivity contribution in [3.05, 3.63) is 34.2 Å². The maximum absolute atomic E-state index is 11.3. The summed E-state index contributed by atoms with van der Waals surface area (Å²) in [6, 6.07) is 5.55. The van der Waals surface area contributed by atoms with E-state index in [-0.39, 0.29) is 0 Å². The summed E-state index contributed by atoms with van der Waals surface area (Å²) in [6.45, 7) is 4.19. The number of nitrogens with one attached hydrogen (secondary N) is 1. The molecule has 0 spiro atoms. The molecule has 1 atom stereocenters. The molecular formula is C11H14N2O2. The zero-order valence-corrected chi connectivity index (χ0v) is 8.82. The normalized spacial score (nSPS) is 13.2. The number of aromatic nitrogens is 2. The Morgan fingerprint density at radius 1 is 1.53 bits per heavy atom. The highest BCUT2D eigenvalue weighted by atomic mass is 16.5. The van der Waals surface area contributed by atoms with Crippen molar-refractivity contribution in [2.24, 2.45) is 0 Å². The maximum atomic E-state index is 11.3. The van der Waals surface area contributed by atoms with Crippen molar-refractivity contribution in [3.8, 4) is 0 Å². The number of aromatic amines is 1. The molecule has 0 aliphatic rings. The average molecular weight is 206 g/mol. The lowest BCUT2D eigenvalue weighted by Gasteiger charge is -2.09. The van der Waals surface area contributed by atoms with Crippen LogP contribution >= 0.6 is 0 Å². The van der Waals surface area contributed by atoms with Crippen LogP contribution in [0.2, 0.25) is 0 Å². The smallest absolute Gasteiger partial charge is 0.359 e. The number of hydrogen-bond acceptors (Lipinski definition) is 2. The lowest BCUT2D eigenvalue weighted by Crippen LogP contribution is -2.12. The number of rotatable bonds is 2. The summed E-state index contributed by atoms with van der Waals surface area (Å²) in [6.07, 6.45) is 0.998. The monoisotopic (exact) mass is 206 g/mol. The Kier molecular flexibility index (Phi) is 2.26. The van der Waals surface area contributed by atoms with Crippen molar-refractivity contribution in [2.75, 3.05) is 0 Å². The van der Waals surface area contributed by atoms with Crippen LogP contribution in [-0.4, -0.2) is 14.9 Å². The summed E-state index contributed by atoms with van der Waals surface area (Å²) in [4.78, 5) is 13.9. The topological polar surface area (TPSA) is 58.0 Å². The van der Waals surface area contributed by atoms with Crippen LogP contribution in [0.4, 0.5) is 0 Å². The number of imidazole rings is 1. The molecule has 0 fully saturated rings. The fourth-order valence-corrected chi connectivity index (χ4v) is 1.77. The quantitative estimate of drug-likeness (QED) is 0.739. The van der Waals surface area contributed by atoms with Gasteiger partial charge in [-0.3, -0.25) is 0 Å². The molecule has 0 bridgehead atoms. The number of benzene rings is 1. The predicted octanol–water partition coefficient (Wildman–Crippen LogP) is 2.08. The van der Waals surface area contributed by atoms with Gasteiger partial charge in [-0.15, -0.1) is 4.73 Å². The second-order valence-corrected chi connectivity index (χ2v) is 3.79. The first-order chi connectivity index (χ1) is 7.15. The SMILES string of the molecule is CCC(C)c1cccc2c1[nH]c(=O)n2O. The zero-order valence-electron chi connectivity index (χ0n) is 8.82. The Morgan fingerprint density at radius 3 is 2.93 bits per heavy atom. The predicted molar refractivity (Wildman–Crippen MR) is 58.4 cm³/mol. The molecule has 1 aromatic heterocycles. The standard InChI is InChI=1S/C11H14N2O2/c1-3-7(2)8-5-4-6-9-10(8)12-11(14)13(9)15/h4-7,15H,3H2,1-2H3,(H,12,14). The van der Waals surface area contributed by atoms with Gasteiger partial charge in [0.15, 0.2) is 0 Å². The fourth-order valence-electron chi connectivity index (χ4n) is 1.77. The molecule has 0 aliphatic heterocycles. The first-order valence-electron chi connectivity index (χ1n) is 5.08. The van der Waals surface area contributed by atoms with Crippen LogP contribution in [-0.2, 0) is 0 Å². The van der Waals surface area contributed by atoms with Gasteiger partial charge in [-0.2, -0.15) is 0 Å². The molecule has 2 N–H and O–H groups in total. The van der Waals surface area contributed by atoms with Gasteiger partial charge in [-0.05, 0) is 24.0 Å². The van der Waals surface area contributed by atoms with Gasteiger partial charge in [0.05, 0.1) is 5.52 Å². The van der Waals surface area contributed by atoms with E-state index in [1.807, 2.05) is 12.1 Å². The third-order valence-corrected chi connectivity index (χ3v) is 2.87. The van der Waals surface area contributed by atoms with Crippen molar-refractivity contribution in [1.82, 2.24) is 9.71 Å². The summed E-state index contributed by atoms with van der Waals surface area (Å²) in [5.41, 5.74) is 1.86. The summed E-state index contributed by atoms with van der Waals surface area (Å²) in [5.74, 6) is 0.367. The van der Waals surface area contributed by atoms with Gasteiger partial charge in [-0.25, -0.2) is 4.79 Å². The van der Waals surface area contributed by atoms with E-state index in [1.54, 1.807) is 6.07 Å². The molecule has 0 aliphatic carbocycles. The van der Waals surface area contributed by atoms with E-state index < -0.39 is 5.69 Å². The molecule has 0 amide bonds. The summed E-state index contributed by atoms with van der Waals surface area (Å²) < 4.78 is 0.654. The molecule has 0 radical (unpaired) electrons. The van der Waals surface area contributed by atoms with Crippen molar-refractivity contribution in [1.29, 1.82) is 0 Å². The number of hydrogen-bond donors (Lipinski definition) is 2. The second-order valence-electron chi connectivity index (χ2n) is 3.79. The van der Waals surface area contributed by atoms with Crippen LogP contribution in [0.3, 0.4) is 0 Å². The van der Waals surface area contributed by atoms with Gasteiger partial charge < -0.3 is 10.2 Å². The first-order valence-corrected chi connectivity index (χ1v) is 5.08. The molecular weight excluding hydrogens is 192 g/mol. The number of nitrogens with zero attached hydrogens (tertiary/aromatic N) is 1. The molecule has 1 heterocycles. The molecule has 0 saturated carbocycles. The van der Waals surface area contributed by atoms with Crippen LogP contribution in [0.5, 0.6) is 0 Å². The first kappa shape index (κ1) is 9.83. The van der Waals surface area contributed by atoms with Crippen molar-refractivity contribution in [3.63, 3.8) is 0 Å². The minimum atomic E-state index is -0.485. The molecule has 2 aromatic rings. The van der Waals surface area contributed by atoms with Gasteiger partial charge >= 0.3 is 5.69 Å². The largest absolute Gasteiger partial charge is 0.424 e. The number of fused-ring (bicyclic) bond motifs is 1. The van der Waals surface area contributed by atoms with E-state index in [0.717, 1.165) is 17.5 Å². The van der Waals surface area contributed by atoms with E-state index in [4.69, 9.17) is 0 Å². The minimum Gasteiger partial charge on any atom is -0.424 e. The van der Waals surface area contributed by atoms with Gasteiger partial charge in [-0.1, -0.05) is 26.0 Å². The van der Waals surface area contributed by atoms with Crippen LogP contribution in [0, 0.1) is 0 Å². The molecule has 0 saturated heterocycles. The van der Waals surface area contributed by atoms with Crippen LogP contribution in [0.1, 0.15) is 31.7 Å². The molecule has 1 aromatic carbocycles. The third kappa shape index (κ3) is 1.42. The highest BCUT2D eigenvalue weighted by Gasteiger charge is 2.12. The van der Waals surface area contributed by atoms with Gasteiger partial charge in [0.1, 0.15) is 5.52 Å². The van der Waals surface area contributed by atoms with E-state index in [9.17, 15) is 10.0 Å². The van der Waals surface area contributed by atoms with Crippen molar-refractivity contribution in [2.45, 2.75) is 26.2 Å². The number of H-pyrrole nitrogens is 1. The average Bonchev–Trinajstić information content (AvgIpc) is 2.54. The Hall–Kier alpha value is -1.71. The summed E-state index contributed by atoms with van der Waals surface area (Å²) in [5, 5.41) is 9.45. The van der Waals surface area contributed by atoms with E-state index in [0.29, 0.717) is 16.2 Å². The van der Waals surface area contributed by atoms with Crippen LogP contribution in [0.15, 0.2) is 23.0 Å². The van der Waals surface area contributed by atoms with Crippen molar-refractivity contribution >= 4 is 11.0 Å². The Labute approximate surface area is 87.1 Å². The van der Waals surface area contributed by atoms with E-state index >= 15 is 0 Å². The molecule has 1 unspecified atom stereocenters. The maximum Gasteiger partial charge on any atom is 0.359 e. The summed E-state index contributed by atoms with van der Waals surface area (Å²) in [7, 11) is 0. The molecule has 4 heteroatoms. The summed E-state index contributed by atoms with van der Waals surface area (Å²) >= 11 is 0. The Balaban J connectivity index is 2.77. The van der Waals surface area contributed by atoms with E-state index in [1.165, 1.54) is 0 Å². The van der Waals surface area contributed by atoms with Crippen LogP contribution in [0.25, 0.3) is 11.0 Å². The van der Waals surface area contributed by atoms with Gasteiger partial charge in [0.2, 0.25) is 0 Å². The lowest BCUT2D eigenvalue weighted by atomic mass is 9.97. The minimum absolute atomic E-state index is 0.367. The molecule has 2 rings (SSSR count). The van der Waals surface area contributed by atoms with E-state index in [2.05, 4.69) is 18.8 Å². The Bertz CT molecular complexity index is 539. The van der Waals surface area contributed by atoms with Gasteiger partial charge in [0, 0.05) is 0 Å². The Morgan fingerprint density at radius 2 is 2.27 bits per heavy atom. The zero-order chi connectivity index (χ0) is 11.0. The third-order valence-electron chi connectivity index (χ3n) is 2.87. The lowest BCUT2D eigenvalue weighted by molar-refractivity contribution is 0.188. The fraction of sp³-hybridized carbons (Fsp3) is 0.364. The molecule has 15 heavy (non-hydrogen) atoms. The van der Waals surface area contributed by atoms with Crippen molar-refractivity contribution < 1.29 is 5.21 Å². The molecule has 80 valence electrons. The second kappa shape index (κ2) is 3.46. The molecule has 4 nitrogen and oxygen atoms in total. The highest BCUT2D eigenvalue weighted by Crippen LogP contribution is 2.24. The highest BCUT2D eigenvalue weighted by molar-refractivity contribution is 5.79. The van der Waals surface area contributed by atoms with Crippen LogP contribution < -0.4 is 5.69 Å².